The van der Waals surface area contributed by atoms with Gasteiger partial charge in [0.1, 0.15) is 0 Å². The molecule has 0 saturated heterocycles. The first-order valence-corrected chi connectivity index (χ1v) is 12.3. The summed E-state index contributed by atoms with van der Waals surface area (Å²) in [5, 5.41) is 8.30. The van der Waals surface area contributed by atoms with Crippen molar-refractivity contribution in [3.05, 3.63) is 95.4 Å². The van der Waals surface area contributed by atoms with Crippen LogP contribution in [0.15, 0.2) is 89.1 Å². The lowest BCUT2D eigenvalue weighted by atomic mass is 10.1. The Morgan fingerprint density at radius 1 is 0.879 bits per heavy atom. The first-order chi connectivity index (χ1) is 16.0. The fraction of sp³-hybridized carbons (Fsp3) is 0.115. The van der Waals surface area contributed by atoms with E-state index in [0.29, 0.717) is 11.6 Å². The molecule has 5 nitrogen and oxygen atoms in total. The fourth-order valence-corrected chi connectivity index (χ4v) is 4.55. The second-order valence-electron chi connectivity index (χ2n) is 7.48. The van der Waals surface area contributed by atoms with Crippen molar-refractivity contribution in [2.24, 2.45) is 0 Å². The molecule has 0 spiro atoms. The number of anilines is 2. The number of nitrogens with one attached hydrogen (secondary N) is 2. The number of rotatable bonds is 8. The smallest absolute Gasteiger partial charge is 0.236 e. The Kier molecular flexibility index (Phi) is 7.55. The molecule has 4 aromatic rings. The Bertz CT molecular complexity index is 1220. The number of carbonyl (C=O) groups excluding carboxylic acids is 2. The normalized spacial score (nSPS) is 10.6. The Labute approximate surface area is 201 Å². The molecular weight excluding hydrogens is 450 g/mol. The summed E-state index contributed by atoms with van der Waals surface area (Å²) >= 11 is 2.85. The van der Waals surface area contributed by atoms with Crippen LogP contribution in [0, 0.1) is 6.92 Å². The monoisotopic (exact) mass is 473 g/mol. The summed E-state index contributed by atoms with van der Waals surface area (Å²) < 4.78 is 0. The van der Waals surface area contributed by atoms with Gasteiger partial charge in [0.05, 0.1) is 17.9 Å². The number of nitrogens with zero attached hydrogens (tertiary/aromatic N) is 1. The maximum atomic E-state index is 12.3. The zero-order chi connectivity index (χ0) is 23.0. The van der Waals surface area contributed by atoms with Crippen molar-refractivity contribution in [2.75, 3.05) is 16.4 Å². The summed E-state index contributed by atoms with van der Waals surface area (Å²) in [7, 11) is 0. The van der Waals surface area contributed by atoms with E-state index >= 15 is 0 Å². The minimum Gasteiger partial charge on any atom is -0.326 e. The molecule has 1 heterocycles. The van der Waals surface area contributed by atoms with Crippen LogP contribution in [0.3, 0.4) is 0 Å². The van der Waals surface area contributed by atoms with Crippen LogP contribution < -0.4 is 10.6 Å². The highest BCUT2D eigenvalue weighted by Crippen LogP contribution is 2.26. The minimum absolute atomic E-state index is 0.0607. The quantitative estimate of drug-likeness (QED) is 0.307. The van der Waals surface area contributed by atoms with E-state index in [1.165, 1.54) is 28.7 Å². The summed E-state index contributed by atoms with van der Waals surface area (Å²) in [5.74, 6) is 0.110. The number of amides is 2. The van der Waals surface area contributed by atoms with Crippen molar-refractivity contribution in [2.45, 2.75) is 18.2 Å². The topological polar surface area (TPSA) is 71.1 Å². The van der Waals surface area contributed by atoms with E-state index < -0.39 is 0 Å². The lowest BCUT2D eigenvalue weighted by Gasteiger charge is -2.07. The van der Waals surface area contributed by atoms with E-state index in [2.05, 4.69) is 15.6 Å². The van der Waals surface area contributed by atoms with Gasteiger partial charge < -0.3 is 10.6 Å². The van der Waals surface area contributed by atoms with Gasteiger partial charge in [0.15, 0.2) is 5.13 Å². The second kappa shape index (κ2) is 10.9. The van der Waals surface area contributed by atoms with Crippen molar-refractivity contribution in [3.63, 3.8) is 0 Å². The van der Waals surface area contributed by atoms with Gasteiger partial charge in [-0.05, 0) is 36.8 Å². The molecule has 0 radical (unpaired) electrons. The lowest BCUT2D eigenvalue weighted by Crippen LogP contribution is -2.14. The molecule has 4 rings (SSSR count). The zero-order valence-electron chi connectivity index (χ0n) is 18.1. The first kappa shape index (κ1) is 22.8. The van der Waals surface area contributed by atoms with Crippen LogP contribution >= 0.6 is 23.1 Å². The molecule has 0 unspecified atom stereocenters. The van der Waals surface area contributed by atoms with Gasteiger partial charge in [0.25, 0.3) is 0 Å². The molecule has 2 N–H and O–H groups in total. The van der Waals surface area contributed by atoms with Crippen molar-refractivity contribution in [1.29, 1.82) is 0 Å². The lowest BCUT2D eigenvalue weighted by molar-refractivity contribution is -0.115. The molecule has 2 amide bonds. The summed E-state index contributed by atoms with van der Waals surface area (Å²) in [5.41, 5.74) is 4.79. The number of benzene rings is 3. The van der Waals surface area contributed by atoms with E-state index in [1.807, 2.05) is 91.2 Å². The minimum atomic E-state index is -0.106. The van der Waals surface area contributed by atoms with Crippen molar-refractivity contribution in [3.8, 4) is 11.3 Å². The number of thiazole rings is 1. The van der Waals surface area contributed by atoms with Gasteiger partial charge in [-0.25, -0.2) is 4.98 Å². The SMILES string of the molecule is Cc1ccc(-c2csc(NC(=O)CSc3ccc(NC(=O)Cc4ccccc4)cc3)n2)cc1. The molecule has 0 saturated carbocycles. The molecular formula is C26H23N3O2S2. The van der Waals surface area contributed by atoms with Crippen molar-refractivity contribution >= 4 is 45.7 Å². The molecule has 0 aliphatic rings. The molecule has 0 atom stereocenters. The summed E-state index contributed by atoms with van der Waals surface area (Å²) in [6.45, 7) is 2.05. The van der Waals surface area contributed by atoms with E-state index in [9.17, 15) is 9.59 Å². The van der Waals surface area contributed by atoms with Crippen LogP contribution in [0.25, 0.3) is 11.3 Å². The molecule has 0 bridgehead atoms. The van der Waals surface area contributed by atoms with Gasteiger partial charge in [-0.3, -0.25) is 9.59 Å². The Balaban J connectivity index is 1.24. The fourth-order valence-electron chi connectivity index (χ4n) is 3.11. The highest BCUT2D eigenvalue weighted by molar-refractivity contribution is 8.00. The third-order valence-electron chi connectivity index (χ3n) is 4.81. The summed E-state index contributed by atoms with van der Waals surface area (Å²) in [6, 6.07) is 25.3. The van der Waals surface area contributed by atoms with Crippen LogP contribution in [-0.2, 0) is 16.0 Å². The van der Waals surface area contributed by atoms with Gasteiger partial charge in [0, 0.05) is 21.5 Å². The molecule has 0 fully saturated rings. The van der Waals surface area contributed by atoms with Crippen molar-refractivity contribution in [1.82, 2.24) is 4.98 Å². The predicted octanol–water partition coefficient (Wildman–Crippen LogP) is 6.03. The van der Waals surface area contributed by atoms with Crippen LogP contribution in [0.1, 0.15) is 11.1 Å². The third kappa shape index (κ3) is 6.78. The van der Waals surface area contributed by atoms with E-state index in [4.69, 9.17) is 0 Å². The standard InChI is InChI=1S/C26H23N3O2S2/c1-18-7-9-20(10-8-18)23-16-33-26(28-23)29-25(31)17-32-22-13-11-21(12-14-22)27-24(30)15-19-5-3-2-4-6-19/h2-14,16H,15,17H2,1H3,(H,27,30)(H,28,29,31). The van der Waals surface area contributed by atoms with Gasteiger partial charge in [0.2, 0.25) is 11.8 Å². The van der Waals surface area contributed by atoms with Crippen LogP contribution in [-0.4, -0.2) is 22.6 Å². The number of hydrogen-bond donors (Lipinski definition) is 2. The maximum Gasteiger partial charge on any atom is 0.236 e. The Morgan fingerprint density at radius 3 is 2.33 bits per heavy atom. The summed E-state index contributed by atoms with van der Waals surface area (Å²) in [4.78, 5) is 30.0. The average molecular weight is 474 g/mol. The zero-order valence-corrected chi connectivity index (χ0v) is 19.7. The first-order valence-electron chi connectivity index (χ1n) is 10.4. The van der Waals surface area contributed by atoms with Crippen LogP contribution in [0.4, 0.5) is 10.8 Å². The summed E-state index contributed by atoms with van der Waals surface area (Å²) in [6.07, 6.45) is 0.333. The number of aryl methyl sites for hydroxylation is 1. The van der Waals surface area contributed by atoms with E-state index in [0.717, 1.165) is 27.4 Å². The second-order valence-corrected chi connectivity index (χ2v) is 9.38. The average Bonchev–Trinajstić information content (AvgIpc) is 3.28. The predicted molar refractivity (Wildman–Crippen MR) is 137 cm³/mol. The van der Waals surface area contributed by atoms with E-state index in [1.54, 1.807) is 0 Å². The van der Waals surface area contributed by atoms with Gasteiger partial charge in [-0.15, -0.1) is 23.1 Å². The highest BCUT2D eigenvalue weighted by Gasteiger charge is 2.09. The van der Waals surface area contributed by atoms with Crippen LogP contribution in [0.2, 0.25) is 0 Å². The molecule has 0 aliphatic carbocycles. The molecule has 166 valence electrons. The van der Waals surface area contributed by atoms with Crippen molar-refractivity contribution < 1.29 is 9.59 Å². The third-order valence-corrected chi connectivity index (χ3v) is 6.58. The molecule has 1 aromatic heterocycles. The molecule has 3 aromatic carbocycles. The molecule has 33 heavy (non-hydrogen) atoms. The molecule has 7 heteroatoms. The highest BCUT2D eigenvalue weighted by atomic mass is 32.2. The number of carbonyl (C=O) groups is 2. The largest absolute Gasteiger partial charge is 0.326 e. The number of hydrogen-bond acceptors (Lipinski definition) is 5. The number of aromatic nitrogens is 1. The van der Waals surface area contributed by atoms with Crippen LogP contribution in [0.5, 0.6) is 0 Å². The van der Waals surface area contributed by atoms with Gasteiger partial charge in [-0.1, -0.05) is 60.2 Å². The Hall–Kier alpha value is -3.42. The van der Waals surface area contributed by atoms with Gasteiger partial charge in [-0.2, -0.15) is 0 Å². The van der Waals surface area contributed by atoms with E-state index in [-0.39, 0.29) is 17.6 Å². The maximum absolute atomic E-state index is 12.3. The van der Waals surface area contributed by atoms with Gasteiger partial charge >= 0.3 is 0 Å². The number of thioether (sulfide) groups is 1. The Morgan fingerprint density at radius 2 is 1.61 bits per heavy atom. The molecule has 0 aliphatic heterocycles.